The molecule has 1 unspecified atom stereocenters. The van der Waals surface area contributed by atoms with Gasteiger partial charge in [0.1, 0.15) is 6.54 Å². The molecule has 0 saturated heterocycles. The highest BCUT2D eigenvalue weighted by atomic mass is 16.3. The third-order valence-corrected chi connectivity index (χ3v) is 2.37. The van der Waals surface area contributed by atoms with Crippen LogP contribution < -0.4 is 11.0 Å². The standard InChI is InChI=1S/C11H17N3O3/c1-8(2)9(15)6-13-10(16)7-14-5-3-4-12-11(14)17/h3-5,8-9,15H,6-7H2,1-2H3,(H,13,16). The van der Waals surface area contributed by atoms with E-state index in [2.05, 4.69) is 10.3 Å². The average molecular weight is 239 g/mol. The summed E-state index contributed by atoms with van der Waals surface area (Å²) in [6, 6.07) is 1.58. The SMILES string of the molecule is CC(C)C(O)CNC(=O)Cn1cccnc1=O. The third kappa shape index (κ3) is 4.36. The number of hydrogen-bond acceptors (Lipinski definition) is 4. The molecule has 6 nitrogen and oxygen atoms in total. The van der Waals surface area contributed by atoms with Gasteiger partial charge < -0.3 is 10.4 Å². The summed E-state index contributed by atoms with van der Waals surface area (Å²) in [6.45, 7) is 3.83. The van der Waals surface area contributed by atoms with Crippen LogP contribution >= 0.6 is 0 Å². The Bertz CT molecular complexity index is 428. The molecule has 0 aliphatic heterocycles. The maximum absolute atomic E-state index is 11.5. The van der Waals surface area contributed by atoms with Gasteiger partial charge in [-0.15, -0.1) is 0 Å². The fraction of sp³-hybridized carbons (Fsp3) is 0.545. The fourth-order valence-electron chi connectivity index (χ4n) is 1.17. The number of amides is 1. The molecule has 0 fully saturated rings. The first kappa shape index (κ1) is 13.4. The lowest BCUT2D eigenvalue weighted by Crippen LogP contribution is -2.38. The minimum absolute atomic E-state index is 0.0800. The van der Waals surface area contributed by atoms with Crippen molar-refractivity contribution in [1.29, 1.82) is 0 Å². The fourth-order valence-corrected chi connectivity index (χ4v) is 1.17. The Morgan fingerprint density at radius 1 is 1.59 bits per heavy atom. The van der Waals surface area contributed by atoms with E-state index in [1.165, 1.54) is 17.0 Å². The van der Waals surface area contributed by atoms with Crippen LogP contribution in [0.4, 0.5) is 0 Å². The smallest absolute Gasteiger partial charge is 0.347 e. The van der Waals surface area contributed by atoms with Gasteiger partial charge >= 0.3 is 5.69 Å². The molecular weight excluding hydrogens is 222 g/mol. The monoisotopic (exact) mass is 239 g/mol. The van der Waals surface area contributed by atoms with Crippen LogP contribution in [0.3, 0.4) is 0 Å². The van der Waals surface area contributed by atoms with Crippen molar-refractivity contribution in [3.05, 3.63) is 28.9 Å². The largest absolute Gasteiger partial charge is 0.391 e. The number of hydrogen-bond donors (Lipinski definition) is 2. The summed E-state index contributed by atoms with van der Waals surface area (Å²) in [4.78, 5) is 26.2. The van der Waals surface area contributed by atoms with Gasteiger partial charge in [0.05, 0.1) is 6.10 Å². The van der Waals surface area contributed by atoms with Crippen LogP contribution in [0, 0.1) is 5.92 Å². The molecular formula is C11H17N3O3. The molecule has 0 bridgehead atoms. The molecule has 1 atom stereocenters. The first-order valence-corrected chi connectivity index (χ1v) is 5.47. The van der Waals surface area contributed by atoms with Gasteiger partial charge in [-0.1, -0.05) is 13.8 Å². The van der Waals surface area contributed by atoms with E-state index in [1.807, 2.05) is 13.8 Å². The molecule has 17 heavy (non-hydrogen) atoms. The van der Waals surface area contributed by atoms with Crippen LogP contribution in [-0.4, -0.2) is 33.2 Å². The van der Waals surface area contributed by atoms with Gasteiger partial charge in [-0.2, -0.15) is 0 Å². The summed E-state index contributed by atoms with van der Waals surface area (Å²) >= 11 is 0. The van der Waals surface area contributed by atoms with Gasteiger partial charge in [0, 0.05) is 18.9 Å². The van der Waals surface area contributed by atoms with E-state index < -0.39 is 11.8 Å². The van der Waals surface area contributed by atoms with Crippen molar-refractivity contribution in [1.82, 2.24) is 14.9 Å². The van der Waals surface area contributed by atoms with E-state index in [4.69, 9.17) is 0 Å². The lowest BCUT2D eigenvalue weighted by molar-refractivity contribution is -0.122. The summed E-state index contributed by atoms with van der Waals surface area (Å²) in [5.41, 5.74) is -0.466. The molecule has 0 aromatic carbocycles. The van der Waals surface area contributed by atoms with Crippen LogP contribution in [0.2, 0.25) is 0 Å². The summed E-state index contributed by atoms with van der Waals surface area (Å²) in [5.74, 6) is -0.240. The number of rotatable bonds is 5. The van der Waals surface area contributed by atoms with Gasteiger partial charge in [-0.3, -0.25) is 9.36 Å². The molecule has 0 aliphatic rings. The highest BCUT2D eigenvalue weighted by molar-refractivity contribution is 5.75. The third-order valence-electron chi connectivity index (χ3n) is 2.37. The second-order valence-electron chi connectivity index (χ2n) is 4.15. The molecule has 1 heterocycles. The van der Waals surface area contributed by atoms with Crippen molar-refractivity contribution < 1.29 is 9.90 Å². The highest BCUT2D eigenvalue weighted by Crippen LogP contribution is 1.98. The van der Waals surface area contributed by atoms with Crippen LogP contribution in [0.5, 0.6) is 0 Å². The van der Waals surface area contributed by atoms with Crippen molar-refractivity contribution in [3.8, 4) is 0 Å². The summed E-state index contributed by atoms with van der Waals surface area (Å²) in [7, 11) is 0. The van der Waals surface area contributed by atoms with E-state index in [0.29, 0.717) is 0 Å². The molecule has 1 aromatic rings. The van der Waals surface area contributed by atoms with E-state index in [-0.39, 0.29) is 24.9 Å². The van der Waals surface area contributed by atoms with Crippen molar-refractivity contribution in [2.24, 2.45) is 5.92 Å². The molecule has 1 amide bonds. The zero-order valence-electron chi connectivity index (χ0n) is 9.96. The van der Waals surface area contributed by atoms with Crippen LogP contribution in [0.25, 0.3) is 0 Å². The van der Waals surface area contributed by atoms with E-state index in [9.17, 15) is 14.7 Å². The van der Waals surface area contributed by atoms with Gasteiger partial charge in [-0.25, -0.2) is 9.78 Å². The number of nitrogens with zero attached hydrogens (tertiary/aromatic N) is 2. The van der Waals surface area contributed by atoms with Crippen molar-refractivity contribution in [2.45, 2.75) is 26.5 Å². The van der Waals surface area contributed by atoms with Crippen molar-refractivity contribution in [2.75, 3.05) is 6.54 Å². The van der Waals surface area contributed by atoms with Crippen molar-refractivity contribution >= 4 is 5.91 Å². The highest BCUT2D eigenvalue weighted by Gasteiger charge is 2.11. The zero-order valence-corrected chi connectivity index (χ0v) is 9.96. The Hall–Kier alpha value is -1.69. The number of carbonyl (C=O) groups is 1. The number of aliphatic hydroxyl groups excluding tert-OH is 1. The second-order valence-corrected chi connectivity index (χ2v) is 4.15. The maximum Gasteiger partial charge on any atom is 0.347 e. The van der Waals surface area contributed by atoms with Gasteiger partial charge in [0.25, 0.3) is 0 Å². The Morgan fingerprint density at radius 3 is 2.88 bits per heavy atom. The molecule has 0 spiro atoms. The Morgan fingerprint density at radius 2 is 2.29 bits per heavy atom. The first-order valence-electron chi connectivity index (χ1n) is 5.47. The summed E-state index contributed by atoms with van der Waals surface area (Å²) < 4.78 is 1.21. The van der Waals surface area contributed by atoms with Crippen molar-refractivity contribution in [3.63, 3.8) is 0 Å². The molecule has 94 valence electrons. The number of carbonyl (C=O) groups excluding carboxylic acids is 1. The second kappa shape index (κ2) is 6.15. The van der Waals surface area contributed by atoms with Crippen LogP contribution in [-0.2, 0) is 11.3 Å². The topological polar surface area (TPSA) is 84.2 Å². The Kier molecular flexibility index (Phi) is 4.84. The van der Waals surface area contributed by atoms with Gasteiger partial charge in [-0.05, 0) is 12.0 Å². The lowest BCUT2D eigenvalue weighted by Gasteiger charge is -2.15. The van der Waals surface area contributed by atoms with Gasteiger partial charge in [0.2, 0.25) is 5.91 Å². The lowest BCUT2D eigenvalue weighted by atomic mass is 10.1. The predicted molar refractivity (Wildman–Crippen MR) is 62.4 cm³/mol. The Labute approximate surface area is 99.3 Å². The molecule has 0 saturated carbocycles. The predicted octanol–water partition coefficient (Wildman–Crippen LogP) is -0.624. The van der Waals surface area contributed by atoms with E-state index >= 15 is 0 Å². The van der Waals surface area contributed by atoms with Crippen LogP contribution in [0.15, 0.2) is 23.3 Å². The Balaban J connectivity index is 2.46. The molecule has 0 radical (unpaired) electrons. The first-order chi connectivity index (χ1) is 8.00. The molecule has 0 aliphatic carbocycles. The summed E-state index contributed by atoms with van der Waals surface area (Å²) in [6.07, 6.45) is 2.29. The van der Waals surface area contributed by atoms with E-state index in [0.717, 1.165) is 0 Å². The molecule has 1 aromatic heterocycles. The minimum atomic E-state index is -0.579. The zero-order chi connectivity index (χ0) is 12.8. The average Bonchev–Trinajstić information content (AvgIpc) is 2.29. The van der Waals surface area contributed by atoms with E-state index in [1.54, 1.807) is 6.07 Å². The number of nitrogens with one attached hydrogen (secondary N) is 1. The number of aliphatic hydroxyl groups is 1. The minimum Gasteiger partial charge on any atom is -0.391 e. The van der Waals surface area contributed by atoms with Crippen LogP contribution in [0.1, 0.15) is 13.8 Å². The van der Waals surface area contributed by atoms with Gasteiger partial charge in [0.15, 0.2) is 0 Å². The molecule has 2 N–H and O–H groups in total. The maximum atomic E-state index is 11.5. The summed E-state index contributed by atoms with van der Waals surface area (Å²) in [5, 5.41) is 12.1. The molecule has 6 heteroatoms. The number of aromatic nitrogens is 2. The normalized spacial score (nSPS) is 12.5. The molecule has 1 rings (SSSR count). The quantitative estimate of drug-likeness (QED) is 0.717.